The summed E-state index contributed by atoms with van der Waals surface area (Å²) in [6.07, 6.45) is 0. The fourth-order valence-corrected chi connectivity index (χ4v) is 3.03. The molecular formula is C17H16BrFN2. The molecule has 0 bridgehead atoms. The maximum atomic E-state index is 13.4. The molecule has 1 aromatic heterocycles. The molecule has 108 valence electrons. The predicted octanol–water partition coefficient (Wildman–Crippen LogP) is 4.31. The van der Waals surface area contributed by atoms with E-state index >= 15 is 0 Å². The Morgan fingerprint density at radius 2 is 1.95 bits per heavy atom. The van der Waals surface area contributed by atoms with Crippen LogP contribution in [0, 0.1) is 5.82 Å². The molecule has 1 heterocycles. The van der Waals surface area contributed by atoms with Crippen molar-refractivity contribution in [2.24, 2.45) is 0 Å². The van der Waals surface area contributed by atoms with Gasteiger partial charge in [0.1, 0.15) is 5.82 Å². The molecule has 0 aliphatic heterocycles. The van der Waals surface area contributed by atoms with Crippen molar-refractivity contribution in [2.75, 3.05) is 7.05 Å². The third-order valence-corrected chi connectivity index (χ3v) is 4.19. The Morgan fingerprint density at radius 1 is 1.14 bits per heavy atom. The molecule has 21 heavy (non-hydrogen) atoms. The molecule has 4 heteroatoms. The molecule has 3 rings (SSSR count). The molecule has 3 aromatic rings. The third kappa shape index (κ3) is 2.87. The Balaban J connectivity index is 2.05. The largest absolute Gasteiger partial charge is 0.339 e. The van der Waals surface area contributed by atoms with Gasteiger partial charge >= 0.3 is 0 Å². The first-order valence-electron chi connectivity index (χ1n) is 6.84. The highest BCUT2D eigenvalue weighted by Crippen LogP contribution is 2.23. The van der Waals surface area contributed by atoms with Crippen molar-refractivity contribution in [1.82, 2.24) is 9.88 Å². The average molecular weight is 347 g/mol. The molecule has 0 atom stereocenters. The highest BCUT2D eigenvalue weighted by molar-refractivity contribution is 9.10. The van der Waals surface area contributed by atoms with Crippen molar-refractivity contribution < 1.29 is 4.39 Å². The summed E-state index contributed by atoms with van der Waals surface area (Å²) in [5.41, 5.74) is 3.49. The minimum atomic E-state index is -0.230. The number of para-hydroxylation sites is 1. The fraction of sp³-hybridized carbons (Fsp3) is 0.176. The molecule has 1 N–H and O–H groups in total. The number of benzene rings is 2. The Kier molecular flexibility index (Phi) is 4.08. The van der Waals surface area contributed by atoms with Gasteiger partial charge in [0, 0.05) is 24.3 Å². The van der Waals surface area contributed by atoms with Crippen molar-refractivity contribution in [3.8, 4) is 0 Å². The minimum Gasteiger partial charge on any atom is -0.339 e. The zero-order valence-corrected chi connectivity index (χ0v) is 13.3. The molecule has 0 aliphatic carbocycles. The normalized spacial score (nSPS) is 11.2. The summed E-state index contributed by atoms with van der Waals surface area (Å²) in [6, 6.07) is 15.7. The van der Waals surface area contributed by atoms with Gasteiger partial charge in [0.25, 0.3) is 0 Å². The van der Waals surface area contributed by atoms with E-state index in [9.17, 15) is 4.39 Å². The van der Waals surface area contributed by atoms with Crippen LogP contribution in [0.15, 0.2) is 53.0 Å². The van der Waals surface area contributed by atoms with Crippen LogP contribution >= 0.6 is 15.9 Å². The Labute approximate surface area is 131 Å². The zero-order chi connectivity index (χ0) is 14.8. The topological polar surface area (TPSA) is 17.0 Å². The number of fused-ring (bicyclic) bond motifs is 1. The smallest absolute Gasteiger partial charge is 0.137 e. The number of hydrogen-bond donors (Lipinski definition) is 1. The van der Waals surface area contributed by atoms with Gasteiger partial charge in [-0.05, 0) is 58.2 Å². The molecule has 2 aromatic carbocycles. The summed E-state index contributed by atoms with van der Waals surface area (Å²) < 4.78 is 16.1. The monoisotopic (exact) mass is 346 g/mol. The minimum absolute atomic E-state index is 0.230. The van der Waals surface area contributed by atoms with Crippen LogP contribution in [0.25, 0.3) is 10.9 Å². The van der Waals surface area contributed by atoms with Gasteiger partial charge in [-0.15, -0.1) is 0 Å². The number of rotatable bonds is 4. The summed E-state index contributed by atoms with van der Waals surface area (Å²) in [5.74, 6) is -0.230. The van der Waals surface area contributed by atoms with Crippen molar-refractivity contribution in [1.29, 1.82) is 0 Å². The summed E-state index contributed by atoms with van der Waals surface area (Å²) >= 11 is 3.25. The van der Waals surface area contributed by atoms with Gasteiger partial charge in [-0.25, -0.2) is 4.39 Å². The van der Waals surface area contributed by atoms with E-state index in [2.05, 4.69) is 44.0 Å². The second-order valence-corrected chi connectivity index (χ2v) is 5.91. The Bertz CT molecular complexity index is 780. The lowest BCUT2D eigenvalue weighted by molar-refractivity contribution is 0.619. The molecular weight excluding hydrogens is 331 g/mol. The standard InChI is InChI=1S/C17H16BrFN2/c1-20-10-14-9-13-4-2-3-5-17(13)21(14)11-12-6-7-16(19)15(18)8-12/h2-9,20H,10-11H2,1H3. The third-order valence-electron chi connectivity index (χ3n) is 3.58. The van der Waals surface area contributed by atoms with E-state index < -0.39 is 0 Å². The summed E-state index contributed by atoms with van der Waals surface area (Å²) in [6.45, 7) is 1.53. The van der Waals surface area contributed by atoms with Crippen LogP contribution in [0.2, 0.25) is 0 Å². The maximum absolute atomic E-state index is 13.4. The highest BCUT2D eigenvalue weighted by Gasteiger charge is 2.09. The number of hydrogen-bond acceptors (Lipinski definition) is 1. The van der Waals surface area contributed by atoms with Gasteiger partial charge in [0.2, 0.25) is 0 Å². The van der Waals surface area contributed by atoms with Crippen molar-refractivity contribution in [2.45, 2.75) is 13.1 Å². The van der Waals surface area contributed by atoms with Crippen LogP contribution in [0.1, 0.15) is 11.3 Å². The van der Waals surface area contributed by atoms with E-state index in [1.165, 1.54) is 22.7 Å². The van der Waals surface area contributed by atoms with E-state index in [1.54, 1.807) is 0 Å². The zero-order valence-electron chi connectivity index (χ0n) is 11.7. The van der Waals surface area contributed by atoms with Crippen LogP contribution in [0.4, 0.5) is 4.39 Å². The van der Waals surface area contributed by atoms with Gasteiger partial charge in [0.05, 0.1) is 4.47 Å². The van der Waals surface area contributed by atoms with Gasteiger partial charge in [-0.1, -0.05) is 24.3 Å². The van der Waals surface area contributed by atoms with Crippen LogP contribution < -0.4 is 5.32 Å². The Hall–Kier alpha value is -1.65. The van der Waals surface area contributed by atoms with Crippen molar-refractivity contribution in [3.63, 3.8) is 0 Å². The lowest BCUT2D eigenvalue weighted by Gasteiger charge is -2.11. The first-order valence-corrected chi connectivity index (χ1v) is 7.64. The Morgan fingerprint density at radius 3 is 2.71 bits per heavy atom. The molecule has 0 saturated heterocycles. The van der Waals surface area contributed by atoms with E-state index in [4.69, 9.17) is 0 Å². The number of nitrogens with one attached hydrogen (secondary N) is 1. The molecule has 0 spiro atoms. The first kappa shape index (κ1) is 14.3. The predicted molar refractivity (Wildman–Crippen MR) is 87.9 cm³/mol. The molecule has 0 radical (unpaired) electrons. The molecule has 0 aliphatic rings. The van der Waals surface area contributed by atoms with E-state index in [0.717, 1.165) is 18.7 Å². The number of aromatic nitrogens is 1. The second-order valence-electron chi connectivity index (χ2n) is 5.06. The number of halogens is 2. The summed E-state index contributed by atoms with van der Waals surface area (Å²) in [7, 11) is 1.94. The average Bonchev–Trinajstić information content (AvgIpc) is 2.81. The molecule has 0 saturated carbocycles. The van der Waals surface area contributed by atoms with E-state index in [-0.39, 0.29) is 5.82 Å². The van der Waals surface area contributed by atoms with E-state index in [1.807, 2.05) is 31.3 Å². The van der Waals surface area contributed by atoms with Crippen molar-refractivity contribution >= 4 is 26.8 Å². The maximum Gasteiger partial charge on any atom is 0.137 e. The molecule has 2 nitrogen and oxygen atoms in total. The second kappa shape index (κ2) is 6.00. The summed E-state index contributed by atoms with van der Waals surface area (Å²) in [5, 5.41) is 4.43. The first-order chi connectivity index (χ1) is 10.2. The van der Waals surface area contributed by atoms with Gasteiger partial charge < -0.3 is 9.88 Å². The van der Waals surface area contributed by atoms with Crippen LogP contribution in [-0.2, 0) is 13.1 Å². The molecule has 0 unspecified atom stereocenters. The van der Waals surface area contributed by atoms with Gasteiger partial charge in [0.15, 0.2) is 0 Å². The number of nitrogens with zero attached hydrogens (tertiary/aromatic N) is 1. The van der Waals surface area contributed by atoms with Crippen LogP contribution in [0.3, 0.4) is 0 Å². The van der Waals surface area contributed by atoms with Crippen molar-refractivity contribution in [3.05, 3.63) is 70.1 Å². The lowest BCUT2D eigenvalue weighted by atomic mass is 10.2. The summed E-state index contributed by atoms with van der Waals surface area (Å²) in [4.78, 5) is 0. The van der Waals surface area contributed by atoms with E-state index in [0.29, 0.717) is 4.47 Å². The molecule has 0 amide bonds. The van der Waals surface area contributed by atoms with Crippen LogP contribution in [-0.4, -0.2) is 11.6 Å². The lowest BCUT2D eigenvalue weighted by Crippen LogP contribution is -2.12. The quantitative estimate of drug-likeness (QED) is 0.744. The fourth-order valence-electron chi connectivity index (χ4n) is 2.60. The van der Waals surface area contributed by atoms with Gasteiger partial charge in [-0.3, -0.25) is 0 Å². The van der Waals surface area contributed by atoms with Crippen LogP contribution in [0.5, 0.6) is 0 Å². The molecule has 0 fully saturated rings. The highest BCUT2D eigenvalue weighted by atomic mass is 79.9. The van der Waals surface area contributed by atoms with Gasteiger partial charge in [-0.2, -0.15) is 0 Å². The SMILES string of the molecule is CNCc1cc2ccccc2n1Cc1ccc(F)c(Br)c1.